The van der Waals surface area contributed by atoms with E-state index in [-0.39, 0.29) is 11.4 Å². The van der Waals surface area contributed by atoms with Gasteiger partial charge in [0.05, 0.1) is 13.5 Å². The molecule has 0 fully saturated rings. The predicted molar refractivity (Wildman–Crippen MR) is 71.8 cm³/mol. The summed E-state index contributed by atoms with van der Waals surface area (Å²) in [5.41, 5.74) is 6.62. The second-order valence-electron chi connectivity index (χ2n) is 4.10. The van der Waals surface area contributed by atoms with Crippen LogP contribution < -0.4 is 5.73 Å². The Bertz CT molecular complexity index is 389. The smallest absolute Gasteiger partial charge is 0.306 e. The van der Waals surface area contributed by atoms with Crippen LogP contribution >= 0.6 is 15.9 Å². The van der Waals surface area contributed by atoms with Crippen molar-refractivity contribution in [2.45, 2.75) is 25.2 Å². The minimum atomic E-state index is -0.336. The number of esters is 1. The number of hydrogen-bond acceptors (Lipinski definition) is 3. The zero-order valence-corrected chi connectivity index (χ0v) is 11.8. The Morgan fingerprint density at radius 3 is 2.71 bits per heavy atom. The van der Waals surface area contributed by atoms with Crippen molar-refractivity contribution < 1.29 is 9.53 Å². The maximum Gasteiger partial charge on any atom is 0.306 e. The summed E-state index contributed by atoms with van der Waals surface area (Å²) in [6.45, 7) is 2.46. The molecule has 0 spiro atoms. The highest BCUT2D eigenvalue weighted by molar-refractivity contribution is 9.10. The largest absolute Gasteiger partial charge is 0.469 e. The highest BCUT2D eigenvalue weighted by Crippen LogP contribution is 2.32. The molecule has 0 aliphatic heterocycles. The molecule has 1 aromatic carbocycles. The molecule has 1 unspecified atom stereocenters. The monoisotopic (exact) mass is 299 g/mol. The van der Waals surface area contributed by atoms with Gasteiger partial charge in [-0.2, -0.15) is 0 Å². The van der Waals surface area contributed by atoms with Gasteiger partial charge in [0.15, 0.2) is 0 Å². The van der Waals surface area contributed by atoms with Gasteiger partial charge in [0, 0.05) is 16.4 Å². The number of benzene rings is 1. The molecule has 0 heterocycles. The quantitative estimate of drug-likeness (QED) is 0.850. The van der Waals surface area contributed by atoms with Crippen molar-refractivity contribution >= 4 is 21.9 Å². The van der Waals surface area contributed by atoms with E-state index >= 15 is 0 Å². The van der Waals surface area contributed by atoms with E-state index in [4.69, 9.17) is 10.5 Å². The molecule has 0 aromatic heterocycles. The van der Waals surface area contributed by atoms with Gasteiger partial charge in [-0.05, 0) is 24.1 Å². The molecule has 4 heteroatoms. The van der Waals surface area contributed by atoms with Crippen LogP contribution in [0.5, 0.6) is 0 Å². The third-order valence-electron chi connectivity index (χ3n) is 3.21. The molecule has 0 aliphatic carbocycles. The molecule has 0 saturated heterocycles. The maximum atomic E-state index is 11.5. The van der Waals surface area contributed by atoms with E-state index in [1.165, 1.54) is 7.11 Å². The van der Waals surface area contributed by atoms with Gasteiger partial charge < -0.3 is 10.5 Å². The molecule has 1 rings (SSSR count). The average molecular weight is 300 g/mol. The molecule has 3 nitrogen and oxygen atoms in total. The van der Waals surface area contributed by atoms with Crippen LogP contribution in [0.15, 0.2) is 28.7 Å². The second-order valence-corrected chi connectivity index (χ2v) is 5.02. The number of carbonyl (C=O) groups excluding carboxylic acids is 1. The highest BCUT2D eigenvalue weighted by Gasteiger charge is 2.32. The van der Waals surface area contributed by atoms with Gasteiger partial charge in [0.2, 0.25) is 0 Å². The number of carbonyl (C=O) groups is 1. The maximum absolute atomic E-state index is 11.5. The van der Waals surface area contributed by atoms with E-state index in [1.54, 1.807) is 0 Å². The van der Waals surface area contributed by atoms with Gasteiger partial charge in [-0.1, -0.05) is 35.0 Å². The average Bonchev–Trinajstić information content (AvgIpc) is 2.35. The molecule has 2 N–H and O–H groups in total. The Morgan fingerprint density at radius 1 is 1.53 bits per heavy atom. The molecular formula is C13H18BrNO2. The Morgan fingerprint density at radius 2 is 2.24 bits per heavy atom. The SMILES string of the molecule is CCC(CN)(CC(=O)OC)c1cccc(Br)c1. The van der Waals surface area contributed by atoms with Crippen molar-refractivity contribution in [3.63, 3.8) is 0 Å². The standard InChI is InChI=1S/C13H18BrNO2/c1-3-13(9-15,8-12(16)17-2)10-5-4-6-11(14)7-10/h4-7H,3,8-9,15H2,1-2H3. The van der Waals surface area contributed by atoms with Gasteiger partial charge in [-0.25, -0.2) is 0 Å². The second kappa shape index (κ2) is 6.17. The Hall–Kier alpha value is -0.870. The fourth-order valence-electron chi connectivity index (χ4n) is 1.93. The van der Waals surface area contributed by atoms with Crippen LogP contribution in [0.1, 0.15) is 25.3 Å². The number of nitrogens with two attached hydrogens (primary N) is 1. The topological polar surface area (TPSA) is 52.3 Å². The van der Waals surface area contributed by atoms with E-state index in [0.717, 1.165) is 16.5 Å². The minimum absolute atomic E-state index is 0.225. The van der Waals surface area contributed by atoms with Crippen molar-refractivity contribution in [2.75, 3.05) is 13.7 Å². The van der Waals surface area contributed by atoms with Gasteiger partial charge in [0.25, 0.3) is 0 Å². The van der Waals surface area contributed by atoms with Crippen LogP contribution in [0.3, 0.4) is 0 Å². The molecule has 1 aromatic rings. The number of rotatable bonds is 5. The molecular weight excluding hydrogens is 282 g/mol. The Kier molecular flexibility index (Phi) is 5.15. The number of hydrogen-bond donors (Lipinski definition) is 1. The van der Waals surface area contributed by atoms with Crippen LogP contribution in [-0.2, 0) is 14.9 Å². The van der Waals surface area contributed by atoms with E-state index in [9.17, 15) is 4.79 Å². The first-order valence-electron chi connectivity index (χ1n) is 5.61. The molecule has 17 heavy (non-hydrogen) atoms. The molecule has 0 bridgehead atoms. The number of ether oxygens (including phenoxy) is 1. The third-order valence-corrected chi connectivity index (χ3v) is 3.71. The molecule has 0 saturated carbocycles. The van der Waals surface area contributed by atoms with E-state index in [0.29, 0.717) is 13.0 Å². The first kappa shape index (κ1) is 14.2. The fourth-order valence-corrected chi connectivity index (χ4v) is 2.33. The molecule has 1 atom stereocenters. The van der Waals surface area contributed by atoms with Gasteiger partial charge in [-0.15, -0.1) is 0 Å². The fraction of sp³-hybridized carbons (Fsp3) is 0.462. The van der Waals surface area contributed by atoms with Crippen molar-refractivity contribution in [2.24, 2.45) is 5.73 Å². The summed E-state index contributed by atoms with van der Waals surface area (Å²) in [5.74, 6) is -0.225. The van der Waals surface area contributed by atoms with Gasteiger partial charge >= 0.3 is 5.97 Å². The molecule has 0 aliphatic rings. The number of methoxy groups -OCH3 is 1. The first-order valence-corrected chi connectivity index (χ1v) is 6.40. The number of halogens is 1. The lowest BCUT2D eigenvalue weighted by molar-refractivity contribution is -0.142. The van der Waals surface area contributed by atoms with Crippen molar-refractivity contribution in [3.05, 3.63) is 34.3 Å². The molecule has 0 amide bonds. The highest BCUT2D eigenvalue weighted by atomic mass is 79.9. The summed E-state index contributed by atoms with van der Waals surface area (Å²) in [6.07, 6.45) is 1.11. The zero-order chi connectivity index (χ0) is 12.9. The minimum Gasteiger partial charge on any atom is -0.469 e. The summed E-state index contributed by atoms with van der Waals surface area (Å²) in [6, 6.07) is 7.93. The van der Waals surface area contributed by atoms with Crippen LogP contribution in [0.25, 0.3) is 0 Å². The van der Waals surface area contributed by atoms with Crippen molar-refractivity contribution in [3.8, 4) is 0 Å². The van der Waals surface area contributed by atoms with E-state index < -0.39 is 0 Å². The first-order chi connectivity index (χ1) is 8.07. The zero-order valence-electron chi connectivity index (χ0n) is 10.2. The summed E-state index contributed by atoms with van der Waals surface area (Å²) in [4.78, 5) is 11.5. The lowest BCUT2D eigenvalue weighted by atomic mass is 9.75. The Balaban J connectivity index is 3.10. The van der Waals surface area contributed by atoms with Crippen LogP contribution in [0.2, 0.25) is 0 Å². The van der Waals surface area contributed by atoms with Crippen LogP contribution in [0, 0.1) is 0 Å². The van der Waals surface area contributed by atoms with E-state index in [2.05, 4.69) is 15.9 Å². The van der Waals surface area contributed by atoms with Gasteiger partial charge in [0.1, 0.15) is 0 Å². The summed E-state index contributed by atoms with van der Waals surface area (Å²) in [7, 11) is 1.40. The lowest BCUT2D eigenvalue weighted by Crippen LogP contribution is -2.37. The summed E-state index contributed by atoms with van der Waals surface area (Å²) >= 11 is 3.44. The van der Waals surface area contributed by atoms with Crippen LogP contribution in [-0.4, -0.2) is 19.6 Å². The summed E-state index contributed by atoms with van der Waals surface area (Å²) < 4.78 is 5.75. The molecule has 94 valence electrons. The van der Waals surface area contributed by atoms with Gasteiger partial charge in [-0.3, -0.25) is 4.79 Å². The lowest BCUT2D eigenvalue weighted by Gasteiger charge is -2.31. The van der Waals surface area contributed by atoms with Crippen molar-refractivity contribution in [1.82, 2.24) is 0 Å². The Labute approximate surface area is 110 Å². The third kappa shape index (κ3) is 3.30. The normalized spacial score (nSPS) is 14.1. The predicted octanol–water partition coefficient (Wildman–Crippen LogP) is 2.62. The summed E-state index contributed by atoms with van der Waals surface area (Å²) in [5, 5.41) is 0. The van der Waals surface area contributed by atoms with Crippen LogP contribution in [0.4, 0.5) is 0 Å². The van der Waals surface area contributed by atoms with E-state index in [1.807, 2.05) is 31.2 Å². The molecule has 0 radical (unpaired) electrons. The van der Waals surface area contributed by atoms with Crippen molar-refractivity contribution in [1.29, 1.82) is 0 Å².